The third-order valence-electron chi connectivity index (χ3n) is 3.42. The highest BCUT2D eigenvalue weighted by Crippen LogP contribution is 2.28. The number of fused-ring (bicyclic) bond motifs is 1. The summed E-state index contributed by atoms with van der Waals surface area (Å²) in [7, 11) is 0. The predicted octanol–water partition coefficient (Wildman–Crippen LogP) is 4.78. The second kappa shape index (κ2) is 8.23. The fourth-order valence-electron chi connectivity index (χ4n) is 2.27. The minimum atomic E-state index is -0.661. The summed E-state index contributed by atoms with van der Waals surface area (Å²) in [6.07, 6.45) is -0.661. The summed E-state index contributed by atoms with van der Waals surface area (Å²) in [6, 6.07) is 12.8. The smallest absolute Gasteiger partial charge is 0.138 e. The van der Waals surface area contributed by atoms with Crippen molar-refractivity contribution < 1.29 is 9.84 Å². The molecule has 0 aliphatic rings. The summed E-state index contributed by atoms with van der Waals surface area (Å²) in [4.78, 5) is 8.90. The molecule has 1 heterocycles. The summed E-state index contributed by atoms with van der Waals surface area (Å²) >= 11 is 13.4. The maximum absolute atomic E-state index is 10.2. The topological polar surface area (TPSA) is 55.2 Å². The Morgan fingerprint density at radius 1 is 1.16 bits per heavy atom. The Kier molecular flexibility index (Phi) is 6.02. The SMILES string of the molecule is Cc1nc(SC[C@H](O)COc2ccc(Cl)cc2Cl)c2ccccc2n1. The summed E-state index contributed by atoms with van der Waals surface area (Å²) in [5.74, 6) is 1.66. The van der Waals surface area contributed by atoms with Crippen LogP contribution in [-0.4, -0.2) is 33.5 Å². The van der Waals surface area contributed by atoms with E-state index in [1.165, 1.54) is 11.8 Å². The van der Waals surface area contributed by atoms with E-state index in [1.807, 2.05) is 31.2 Å². The summed E-state index contributed by atoms with van der Waals surface area (Å²) in [5, 5.41) is 13.0. The van der Waals surface area contributed by atoms with E-state index >= 15 is 0 Å². The van der Waals surface area contributed by atoms with Crippen LogP contribution in [0.4, 0.5) is 0 Å². The Labute approximate surface area is 160 Å². The Hall–Kier alpha value is -1.53. The lowest BCUT2D eigenvalue weighted by Crippen LogP contribution is -2.20. The number of rotatable bonds is 6. The molecule has 0 aliphatic carbocycles. The van der Waals surface area contributed by atoms with Gasteiger partial charge in [0.2, 0.25) is 0 Å². The largest absolute Gasteiger partial charge is 0.489 e. The fraction of sp³-hybridized carbons (Fsp3) is 0.222. The van der Waals surface area contributed by atoms with Crippen LogP contribution in [0.5, 0.6) is 5.75 Å². The maximum Gasteiger partial charge on any atom is 0.138 e. The lowest BCUT2D eigenvalue weighted by Gasteiger charge is -2.13. The maximum atomic E-state index is 10.2. The zero-order valence-corrected chi connectivity index (χ0v) is 15.8. The lowest BCUT2D eigenvalue weighted by molar-refractivity contribution is 0.126. The number of thioether (sulfide) groups is 1. The molecule has 1 atom stereocenters. The van der Waals surface area contributed by atoms with E-state index in [1.54, 1.807) is 18.2 Å². The molecule has 3 aromatic rings. The van der Waals surface area contributed by atoms with Gasteiger partial charge in [0.25, 0.3) is 0 Å². The number of halogens is 2. The number of hydrogen-bond acceptors (Lipinski definition) is 5. The van der Waals surface area contributed by atoms with Gasteiger partial charge in [-0.15, -0.1) is 11.8 Å². The van der Waals surface area contributed by atoms with Crippen molar-refractivity contribution in [3.8, 4) is 5.75 Å². The zero-order chi connectivity index (χ0) is 17.8. The molecule has 0 radical (unpaired) electrons. The molecule has 0 aliphatic heterocycles. The number of aromatic nitrogens is 2. The molecule has 0 amide bonds. The van der Waals surface area contributed by atoms with Gasteiger partial charge in [0.15, 0.2) is 0 Å². The van der Waals surface area contributed by atoms with Gasteiger partial charge in [-0.3, -0.25) is 0 Å². The second-order valence-electron chi connectivity index (χ2n) is 5.44. The lowest BCUT2D eigenvalue weighted by atomic mass is 10.2. The number of aryl methyl sites for hydroxylation is 1. The Morgan fingerprint density at radius 2 is 1.96 bits per heavy atom. The van der Waals surface area contributed by atoms with E-state index in [9.17, 15) is 5.11 Å². The highest BCUT2D eigenvalue weighted by molar-refractivity contribution is 7.99. The van der Waals surface area contributed by atoms with Crippen molar-refractivity contribution in [1.82, 2.24) is 9.97 Å². The van der Waals surface area contributed by atoms with Gasteiger partial charge in [0.05, 0.1) is 16.6 Å². The third-order valence-corrected chi connectivity index (χ3v) is 5.08. The van der Waals surface area contributed by atoms with Crippen molar-refractivity contribution in [2.45, 2.75) is 18.1 Å². The van der Waals surface area contributed by atoms with Crippen molar-refractivity contribution in [2.75, 3.05) is 12.4 Å². The first-order valence-corrected chi connectivity index (χ1v) is 9.39. The van der Waals surface area contributed by atoms with Crippen LogP contribution in [0.3, 0.4) is 0 Å². The second-order valence-corrected chi connectivity index (χ2v) is 7.30. The van der Waals surface area contributed by atoms with Gasteiger partial charge in [-0.05, 0) is 31.2 Å². The number of nitrogens with zero attached hydrogens (tertiary/aromatic N) is 2. The van der Waals surface area contributed by atoms with Crippen molar-refractivity contribution in [3.05, 3.63) is 58.3 Å². The van der Waals surface area contributed by atoms with Gasteiger partial charge < -0.3 is 9.84 Å². The number of para-hydroxylation sites is 1. The van der Waals surface area contributed by atoms with Crippen LogP contribution in [0.15, 0.2) is 47.5 Å². The van der Waals surface area contributed by atoms with Gasteiger partial charge in [-0.1, -0.05) is 41.4 Å². The number of hydrogen-bond donors (Lipinski definition) is 1. The van der Waals surface area contributed by atoms with E-state index in [0.29, 0.717) is 27.4 Å². The standard InChI is InChI=1S/C18H16Cl2N2O2S/c1-11-21-16-5-3-2-4-14(16)18(22-11)25-10-13(23)9-24-17-7-6-12(19)8-15(17)20/h2-8,13,23H,9-10H2,1H3/t13-/m1/s1. The Bertz CT molecular complexity index is 892. The van der Waals surface area contributed by atoms with E-state index < -0.39 is 6.10 Å². The molecular weight excluding hydrogens is 379 g/mol. The molecule has 0 unspecified atom stereocenters. The molecule has 2 aromatic carbocycles. The zero-order valence-electron chi connectivity index (χ0n) is 13.4. The van der Waals surface area contributed by atoms with Gasteiger partial charge in [-0.2, -0.15) is 0 Å². The first-order valence-electron chi connectivity index (χ1n) is 7.65. The van der Waals surface area contributed by atoms with Crippen LogP contribution < -0.4 is 4.74 Å². The molecule has 25 heavy (non-hydrogen) atoms. The first-order chi connectivity index (χ1) is 12.0. The molecule has 130 valence electrons. The molecule has 3 rings (SSSR count). The van der Waals surface area contributed by atoms with Crippen LogP contribution in [0.2, 0.25) is 10.0 Å². The van der Waals surface area contributed by atoms with Gasteiger partial charge in [0.1, 0.15) is 23.2 Å². The van der Waals surface area contributed by atoms with Crippen LogP contribution in [0.25, 0.3) is 10.9 Å². The molecule has 7 heteroatoms. The van der Waals surface area contributed by atoms with Crippen LogP contribution in [-0.2, 0) is 0 Å². The quantitative estimate of drug-likeness (QED) is 0.481. The average Bonchev–Trinajstić information content (AvgIpc) is 2.58. The average molecular weight is 395 g/mol. The van der Waals surface area contributed by atoms with Crippen LogP contribution in [0.1, 0.15) is 5.82 Å². The molecule has 1 N–H and O–H groups in total. The van der Waals surface area contributed by atoms with Crippen LogP contribution >= 0.6 is 35.0 Å². The molecule has 4 nitrogen and oxygen atoms in total. The molecule has 0 fully saturated rings. The van der Waals surface area contributed by atoms with Gasteiger partial charge in [-0.25, -0.2) is 9.97 Å². The van der Waals surface area contributed by atoms with Crippen molar-refractivity contribution in [2.24, 2.45) is 0 Å². The molecule has 0 saturated carbocycles. The molecule has 0 bridgehead atoms. The molecular formula is C18H16Cl2N2O2S. The van der Waals surface area contributed by atoms with E-state index in [-0.39, 0.29) is 6.61 Å². The first kappa shape index (κ1) is 18.3. The minimum Gasteiger partial charge on any atom is -0.489 e. The molecule has 0 spiro atoms. The van der Waals surface area contributed by atoms with Crippen molar-refractivity contribution in [3.63, 3.8) is 0 Å². The normalized spacial score (nSPS) is 12.3. The Morgan fingerprint density at radius 3 is 2.76 bits per heavy atom. The van der Waals surface area contributed by atoms with E-state index in [2.05, 4.69) is 9.97 Å². The van der Waals surface area contributed by atoms with E-state index in [0.717, 1.165) is 15.9 Å². The molecule has 0 saturated heterocycles. The number of aliphatic hydroxyl groups is 1. The van der Waals surface area contributed by atoms with Crippen molar-refractivity contribution in [1.29, 1.82) is 0 Å². The van der Waals surface area contributed by atoms with Gasteiger partial charge >= 0.3 is 0 Å². The monoisotopic (exact) mass is 394 g/mol. The third kappa shape index (κ3) is 4.76. The number of aliphatic hydroxyl groups excluding tert-OH is 1. The highest BCUT2D eigenvalue weighted by atomic mass is 35.5. The predicted molar refractivity (Wildman–Crippen MR) is 103 cm³/mol. The van der Waals surface area contributed by atoms with Gasteiger partial charge in [0, 0.05) is 16.2 Å². The summed E-state index contributed by atoms with van der Waals surface area (Å²) in [6.45, 7) is 1.99. The minimum absolute atomic E-state index is 0.135. The van der Waals surface area contributed by atoms with Crippen molar-refractivity contribution >= 4 is 45.9 Å². The Balaban J connectivity index is 1.62. The van der Waals surface area contributed by atoms with E-state index in [4.69, 9.17) is 27.9 Å². The fourth-order valence-corrected chi connectivity index (χ4v) is 3.70. The summed E-state index contributed by atoms with van der Waals surface area (Å²) in [5.41, 5.74) is 0.899. The summed E-state index contributed by atoms with van der Waals surface area (Å²) < 4.78 is 5.57. The number of benzene rings is 2. The molecule has 1 aromatic heterocycles. The van der Waals surface area contributed by atoms with Crippen LogP contribution in [0, 0.1) is 6.92 Å². The highest BCUT2D eigenvalue weighted by Gasteiger charge is 2.12. The number of ether oxygens (including phenoxy) is 1.